The van der Waals surface area contributed by atoms with Crippen molar-refractivity contribution in [2.24, 2.45) is 7.05 Å². The molecule has 0 bridgehead atoms. The van der Waals surface area contributed by atoms with Crippen LogP contribution in [-0.4, -0.2) is 21.2 Å². The molecule has 0 unspecified atom stereocenters. The standard InChI is InChI=1S/C22H25N3OS/c1-4-17-15-25(12-5-6-16-7-9-18(26-3)10-8-16)22(23-17)20-14-21-19(24(20)2)11-13-27-21/h7-11,13-15H,4-6,12H2,1-3H3. The van der Waals surface area contributed by atoms with Gasteiger partial charge in [0, 0.05) is 19.8 Å². The molecule has 0 amide bonds. The molecule has 0 aliphatic carbocycles. The molecule has 27 heavy (non-hydrogen) atoms. The number of rotatable bonds is 7. The van der Waals surface area contributed by atoms with Crippen LogP contribution >= 0.6 is 11.3 Å². The van der Waals surface area contributed by atoms with Gasteiger partial charge >= 0.3 is 0 Å². The SMILES string of the molecule is CCc1cn(CCCc2ccc(OC)cc2)c(-c2cc3sccc3n2C)n1. The van der Waals surface area contributed by atoms with Gasteiger partial charge < -0.3 is 13.9 Å². The van der Waals surface area contributed by atoms with Gasteiger partial charge in [-0.25, -0.2) is 4.98 Å². The molecule has 0 saturated heterocycles. The predicted octanol–water partition coefficient (Wildman–Crippen LogP) is 5.31. The smallest absolute Gasteiger partial charge is 0.156 e. The molecule has 3 aromatic heterocycles. The molecule has 0 atom stereocenters. The highest BCUT2D eigenvalue weighted by Gasteiger charge is 2.15. The highest BCUT2D eigenvalue weighted by atomic mass is 32.1. The van der Waals surface area contributed by atoms with Gasteiger partial charge in [-0.05, 0) is 54.5 Å². The molecular weight excluding hydrogens is 354 g/mol. The molecule has 0 radical (unpaired) electrons. The van der Waals surface area contributed by atoms with Crippen LogP contribution in [0.15, 0.2) is 48.0 Å². The van der Waals surface area contributed by atoms with Gasteiger partial charge in [0.1, 0.15) is 5.75 Å². The summed E-state index contributed by atoms with van der Waals surface area (Å²) in [5.74, 6) is 1.99. The van der Waals surface area contributed by atoms with E-state index in [1.165, 1.54) is 21.5 Å². The Kier molecular flexibility index (Phi) is 5.03. The first-order chi connectivity index (χ1) is 13.2. The number of aromatic nitrogens is 3. The molecule has 0 N–H and O–H groups in total. The zero-order valence-electron chi connectivity index (χ0n) is 16.1. The van der Waals surface area contributed by atoms with Crippen LogP contribution in [0.4, 0.5) is 0 Å². The van der Waals surface area contributed by atoms with Gasteiger partial charge in [-0.15, -0.1) is 11.3 Å². The minimum absolute atomic E-state index is 0.909. The lowest BCUT2D eigenvalue weighted by molar-refractivity contribution is 0.414. The van der Waals surface area contributed by atoms with E-state index in [-0.39, 0.29) is 0 Å². The first-order valence-electron chi connectivity index (χ1n) is 9.42. The van der Waals surface area contributed by atoms with Gasteiger partial charge in [-0.1, -0.05) is 19.1 Å². The first kappa shape index (κ1) is 17.9. The maximum Gasteiger partial charge on any atom is 0.156 e. The highest BCUT2D eigenvalue weighted by Crippen LogP contribution is 2.30. The molecule has 4 rings (SSSR count). The third-order valence-electron chi connectivity index (χ3n) is 5.11. The zero-order valence-corrected chi connectivity index (χ0v) is 16.9. The molecule has 140 valence electrons. The fraction of sp³-hybridized carbons (Fsp3) is 0.318. The van der Waals surface area contributed by atoms with Gasteiger partial charge in [0.05, 0.1) is 28.7 Å². The van der Waals surface area contributed by atoms with Crippen molar-refractivity contribution in [3.05, 3.63) is 59.2 Å². The maximum atomic E-state index is 5.24. The largest absolute Gasteiger partial charge is 0.497 e. The quantitative estimate of drug-likeness (QED) is 0.436. The van der Waals surface area contributed by atoms with Gasteiger partial charge in [0.25, 0.3) is 0 Å². The summed E-state index contributed by atoms with van der Waals surface area (Å²) in [5, 5.41) is 2.15. The number of nitrogens with zero attached hydrogens (tertiary/aromatic N) is 3. The number of benzene rings is 1. The Labute approximate surface area is 164 Å². The Morgan fingerprint density at radius 1 is 1.15 bits per heavy atom. The number of hydrogen-bond donors (Lipinski definition) is 0. The number of thiophene rings is 1. The molecule has 4 nitrogen and oxygen atoms in total. The van der Waals surface area contributed by atoms with Crippen molar-refractivity contribution in [3.63, 3.8) is 0 Å². The molecule has 1 aromatic carbocycles. The van der Waals surface area contributed by atoms with Crippen molar-refractivity contribution in [3.8, 4) is 17.3 Å². The molecule has 0 spiro atoms. The third kappa shape index (κ3) is 3.52. The molecule has 3 heterocycles. The molecule has 0 aliphatic rings. The van der Waals surface area contributed by atoms with Gasteiger partial charge in [0.15, 0.2) is 5.82 Å². The van der Waals surface area contributed by atoms with Crippen LogP contribution in [0.5, 0.6) is 5.75 Å². The summed E-state index contributed by atoms with van der Waals surface area (Å²) in [6, 6.07) is 12.8. The lowest BCUT2D eigenvalue weighted by atomic mass is 10.1. The minimum atomic E-state index is 0.909. The minimum Gasteiger partial charge on any atom is -0.497 e. The fourth-order valence-electron chi connectivity index (χ4n) is 3.53. The van der Waals surface area contributed by atoms with Crippen LogP contribution in [0.25, 0.3) is 21.7 Å². The average Bonchev–Trinajstić information content (AvgIpc) is 3.38. The lowest BCUT2D eigenvalue weighted by Crippen LogP contribution is -2.03. The van der Waals surface area contributed by atoms with Crippen LogP contribution in [-0.2, 0) is 26.4 Å². The van der Waals surface area contributed by atoms with E-state index >= 15 is 0 Å². The summed E-state index contributed by atoms with van der Waals surface area (Å²) in [7, 11) is 3.83. The molecule has 0 saturated carbocycles. The number of ether oxygens (including phenoxy) is 1. The van der Waals surface area contributed by atoms with Crippen LogP contribution < -0.4 is 4.74 Å². The van der Waals surface area contributed by atoms with E-state index < -0.39 is 0 Å². The fourth-order valence-corrected chi connectivity index (χ4v) is 4.37. The van der Waals surface area contributed by atoms with E-state index in [2.05, 4.69) is 58.9 Å². The summed E-state index contributed by atoms with van der Waals surface area (Å²) in [6.07, 6.45) is 5.30. The summed E-state index contributed by atoms with van der Waals surface area (Å²) in [5.41, 5.74) is 4.97. The molecule has 0 fully saturated rings. The Balaban J connectivity index is 1.54. The first-order valence-corrected chi connectivity index (χ1v) is 10.3. The predicted molar refractivity (Wildman–Crippen MR) is 113 cm³/mol. The number of methoxy groups -OCH3 is 1. The van der Waals surface area contributed by atoms with Gasteiger partial charge in [-0.2, -0.15) is 0 Å². The van der Waals surface area contributed by atoms with Crippen molar-refractivity contribution in [1.82, 2.24) is 14.1 Å². The Morgan fingerprint density at radius 3 is 2.67 bits per heavy atom. The van der Waals surface area contributed by atoms with E-state index in [1.54, 1.807) is 18.4 Å². The zero-order chi connectivity index (χ0) is 18.8. The molecule has 0 aliphatic heterocycles. The maximum absolute atomic E-state index is 5.24. The van der Waals surface area contributed by atoms with Crippen molar-refractivity contribution in [2.45, 2.75) is 32.7 Å². The van der Waals surface area contributed by atoms with Crippen molar-refractivity contribution in [2.75, 3.05) is 7.11 Å². The van der Waals surface area contributed by atoms with E-state index in [4.69, 9.17) is 9.72 Å². The summed E-state index contributed by atoms with van der Waals surface area (Å²) >= 11 is 1.79. The summed E-state index contributed by atoms with van der Waals surface area (Å²) < 4.78 is 11.1. The van der Waals surface area contributed by atoms with E-state index in [1.807, 2.05) is 12.1 Å². The van der Waals surface area contributed by atoms with Crippen LogP contribution in [0.3, 0.4) is 0 Å². The third-order valence-corrected chi connectivity index (χ3v) is 5.96. The van der Waals surface area contributed by atoms with Crippen molar-refractivity contribution in [1.29, 1.82) is 0 Å². The van der Waals surface area contributed by atoms with Crippen LogP contribution in [0.1, 0.15) is 24.6 Å². The summed E-state index contributed by atoms with van der Waals surface area (Å²) in [4.78, 5) is 4.91. The molecule has 4 aromatic rings. The number of fused-ring (bicyclic) bond motifs is 1. The van der Waals surface area contributed by atoms with E-state index in [0.717, 1.165) is 43.1 Å². The van der Waals surface area contributed by atoms with Crippen molar-refractivity contribution >= 4 is 21.6 Å². The number of aryl methyl sites for hydroxylation is 4. The molecular formula is C22H25N3OS. The van der Waals surface area contributed by atoms with Crippen molar-refractivity contribution < 1.29 is 4.74 Å². The second-order valence-corrected chi connectivity index (χ2v) is 7.76. The Bertz CT molecular complexity index is 1040. The van der Waals surface area contributed by atoms with Crippen LogP contribution in [0, 0.1) is 0 Å². The monoisotopic (exact) mass is 379 g/mol. The van der Waals surface area contributed by atoms with Gasteiger partial charge in [0.2, 0.25) is 0 Å². The second kappa shape index (κ2) is 7.61. The van der Waals surface area contributed by atoms with Gasteiger partial charge in [-0.3, -0.25) is 0 Å². The number of hydrogen-bond acceptors (Lipinski definition) is 3. The highest BCUT2D eigenvalue weighted by molar-refractivity contribution is 7.17. The number of imidazole rings is 1. The van der Waals surface area contributed by atoms with E-state index in [0.29, 0.717) is 0 Å². The molecule has 5 heteroatoms. The summed E-state index contributed by atoms with van der Waals surface area (Å²) in [6.45, 7) is 3.13. The van der Waals surface area contributed by atoms with Crippen LogP contribution in [0.2, 0.25) is 0 Å². The Morgan fingerprint density at radius 2 is 1.96 bits per heavy atom. The average molecular weight is 380 g/mol. The topological polar surface area (TPSA) is 32.0 Å². The van der Waals surface area contributed by atoms with E-state index in [9.17, 15) is 0 Å². The second-order valence-electron chi connectivity index (χ2n) is 6.81. The lowest BCUT2D eigenvalue weighted by Gasteiger charge is -2.09. The normalized spacial score (nSPS) is 11.4. The Hall–Kier alpha value is -2.53.